The van der Waals surface area contributed by atoms with Gasteiger partial charge < -0.3 is 9.47 Å². The molecule has 2 heterocycles. The van der Waals surface area contributed by atoms with Crippen molar-refractivity contribution in [1.82, 2.24) is 0 Å². The molecule has 4 nitrogen and oxygen atoms in total. The summed E-state index contributed by atoms with van der Waals surface area (Å²) in [5, 5.41) is 0. The summed E-state index contributed by atoms with van der Waals surface area (Å²) in [5.41, 5.74) is 1.58. The van der Waals surface area contributed by atoms with E-state index in [0.717, 1.165) is 43.3 Å². The van der Waals surface area contributed by atoms with Crippen LogP contribution in [-0.2, 0) is 19.1 Å². The van der Waals surface area contributed by atoms with Gasteiger partial charge in [0.15, 0.2) is 0 Å². The number of hydrogen-bond acceptors (Lipinski definition) is 4. The van der Waals surface area contributed by atoms with E-state index < -0.39 is 0 Å². The van der Waals surface area contributed by atoms with Gasteiger partial charge >= 0.3 is 11.9 Å². The first-order chi connectivity index (χ1) is 8.27. The van der Waals surface area contributed by atoms with Crippen molar-refractivity contribution in [3.05, 3.63) is 23.3 Å². The number of esters is 2. The lowest BCUT2D eigenvalue weighted by Crippen LogP contribution is -1.95. The fourth-order valence-electron chi connectivity index (χ4n) is 1.94. The molecule has 17 heavy (non-hydrogen) atoms. The number of rotatable bonds is 4. The Labute approximate surface area is 100 Å². The highest BCUT2D eigenvalue weighted by atomic mass is 16.5. The second kappa shape index (κ2) is 5.66. The Morgan fingerprint density at radius 2 is 1.35 bits per heavy atom. The van der Waals surface area contributed by atoms with Crippen molar-refractivity contribution >= 4 is 11.9 Å². The molecule has 4 heteroatoms. The van der Waals surface area contributed by atoms with Crippen molar-refractivity contribution < 1.29 is 19.1 Å². The predicted octanol–water partition coefficient (Wildman–Crippen LogP) is 1.90. The van der Waals surface area contributed by atoms with Crippen molar-refractivity contribution in [2.45, 2.75) is 32.1 Å². The number of ether oxygens (including phenoxy) is 2. The topological polar surface area (TPSA) is 52.6 Å². The third-order valence-corrected chi connectivity index (χ3v) is 2.92. The molecule has 0 spiro atoms. The van der Waals surface area contributed by atoms with Gasteiger partial charge in [0.25, 0.3) is 0 Å². The van der Waals surface area contributed by atoms with E-state index in [-0.39, 0.29) is 11.9 Å². The second-order valence-corrected chi connectivity index (χ2v) is 4.16. The molecule has 2 rings (SSSR count). The van der Waals surface area contributed by atoms with E-state index in [1.807, 2.05) is 12.2 Å². The summed E-state index contributed by atoms with van der Waals surface area (Å²) in [4.78, 5) is 22.3. The third kappa shape index (κ3) is 3.19. The van der Waals surface area contributed by atoms with E-state index in [1.165, 1.54) is 0 Å². The Kier molecular flexibility index (Phi) is 3.96. The van der Waals surface area contributed by atoms with Crippen molar-refractivity contribution in [2.75, 3.05) is 13.2 Å². The minimum atomic E-state index is -0.178. The first-order valence-corrected chi connectivity index (χ1v) is 5.99. The van der Waals surface area contributed by atoms with Gasteiger partial charge in [-0.15, -0.1) is 0 Å². The predicted molar refractivity (Wildman–Crippen MR) is 61.2 cm³/mol. The van der Waals surface area contributed by atoms with Crippen LogP contribution in [0.15, 0.2) is 23.3 Å². The normalized spacial score (nSPS) is 24.5. The van der Waals surface area contributed by atoms with Crippen LogP contribution in [0.2, 0.25) is 0 Å². The molecule has 0 radical (unpaired) electrons. The van der Waals surface area contributed by atoms with Crippen molar-refractivity contribution in [3.8, 4) is 0 Å². The van der Waals surface area contributed by atoms with Gasteiger partial charge in [-0.1, -0.05) is 12.2 Å². The molecule has 0 aliphatic carbocycles. The van der Waals surface area contributed by atoms with Crippen LogP contribution in [0.4, 0.5) is 0 Å². The average Bonchev–Trinajstić information content (AvgIpc) is 2.89. The lowest BCUT2D eigenvalue weighted by Gasteiger charge is -1.94. The van der Waals surface area contributed by atoms with E-state index >= 15 is 0 Å². The number of carbonyl (C=O) groups is 2. The van der Waals surface area contributed by atoms with E-state index in [2.05, 4.69) is 0 Å². The molecule has 0 bridgehead atoms. The summed E-state index contributed by atoms with van der Waals surface area (Å²) in [6, 6.07) is 0. The maximum atomic E-state index is 11.1. The van der Waals surface area contributed by atoms with Crippen molar-refractivity contribution in [3.63, 3.8) is 0 Å². The fourth-order valence-corrected chi connectivity index (χ4v) is 1.94. The lowest BCUT2D eigenvalue weighted by molar-refractivity contribution is -0.135. The highest BCUT2D eigenvalue weighted by Crippen LogP contribution is 2.17. The summed E-state index contributed by atoms with van der Waals surface area (Å²) >= 11 is 0. The van der Waals surface area contributed by atoms with E-state index in [1.54, 1.807) is 0 Å². The summed E-state index contributed by atoms with van der Waals surface area (Å²) in [7, 11) is 0. The maximum Gasteiger partial charge on any atom is 0.333 e. The Morgan fingerprint density at radius 1 is 0.882 bits per heavy atom. The molecule has 0 saturated carbocycles. The van der Waals surface area contributed by atoms with Crippen LogP contribution in [0.1, 0.15) is 32.1 Å². The molecule has 0 unspecified atom stereocenters. The summed E-state index contributed by atoms with van der Waals surface area (Å²) in [6.07, 6.45) is 7.99. The van der Waals surface area contributed by atoms with Gasteiger partial charge in [0.2, 0.25) is 0 Å². The Balaban J connectivity index is 1.70. The smallest absolute Gasteiger partial charge is 0.333 e. The Bertz CT molecular complexity index is 343. The zero-order valence-corrected chi connectivity index (χ0v) is 9.74. The summed E-state index contributed by atoms with van der Waals surface area (Å²) in [6.45, 7) is 1.03. The highest BCUT2D eigenvalue weighted by molar-refractivity contribution is 5.90. The molecule has 92 valence electrons. The zero-order chi connectivity index (χ0) is 12.1. The Hall–Kier alpha value is -1.58. The van der Waals surface area contributed by atoms with E-state index in [4.69, 9.17) is 9.47 Å². The molecule has 2 fully saturated rings. The first-order valence-electron chi connectivity index (χ1n) is 5.99. The van der Waals surface area contributed by atoms with Crippen LogP contribution in [-0.4, -0.2) is 25.2 Å². The number of unbranched alkanes of at least 4 members (excludes halogenated alkanes) is 2. The number of carbonyl (C=O) groups excluding carboxylic acids is 2. The van der Waals surface area contributed by atoms with E-state index in [9.17, 15) is 9.59 Å². The van der Waals surface area contributed by atoms with Crippen LogP contribution >= 0.6 is 0 Å². The number of allylic oxidation sites excluding steroid dienone is 2. The monoisotopic (exact) mass is 236 g/mol. The molecule has 2 aliphatic rings. The molecular formula is C13H16O4. The fraction of sp³-hybridized carbons (Fsp3) is 0.538. The minimum absolute atomic E-state index is 0.178. The molecule has 2 aliphatic heterocycles. The largest absolute Gasteiger partial charge is 0.462 e. The van der Waals surface area contributed by atoms with Gasteiger partial charge in [-0.2, -0.15) is 0 Å². The molecule has 0 aromatic carbocycles. The molecule has 2 saturated heterocycles. The average molecular weight is 236 g/mol. The summed E-state index contributed by atoms with van der Waals surface area (Å²) in [5.74, 6) is -0.356. The van der Waals surface area contributed by atoms with Gasteiger partial charge in [0.1, 0.15) is 0 Å². The van der Waals surface area contributed by atoms with Gasteiger partial charge in [-0.3, -0.25) is 0 Å². The standard InChI is InChI=1S/C13H16O4/c14-12-10(6-8-16-12)4-2-1-3-5-11-7-9-17-13(11)15/h4-5H,1-3,6-9H2/b10-4-,11-5-. The minimum Gasteiger partial charge on any atom is -0.462 e. The van der Waals surface area contributed by atoms with Crippen LogP contribution in [0, 0.1) is 0 Å². The summed E-state index contributed by atoms with van der Waals surface area (Å²) < 4.78 is 9.68. The van der Waals surface area contributed by atoms with Gasteiger partial charge in [-0.05, 0) is 19.3 Å². The molecule has 0 N–H and O–H groups in total. The van der Waals surface area contributed by atoms with E-state index in [0.29, 0.717) is 13.2 Å². The first kappa shape index (κ1) is 11.9. The van der Waals surface area contributed by atoms with Crippen LogP contribution in [0.25, 0.3) is 0 Å². The molecule has 0 aromatic heterocycles. The molecular weight excluding hydrogens is 220 g/mol. The Morgan fingerprint density at radius 3 is 1.71 bits per heavy atom. The van der Waals surface area contributed by atoms with Crippen LogP contribution < -0.4 is 0 Å². The van der Waals surface area contributed by atoms with Crippen LogP contribution in [0.3, 0.4) is 0 Å². The molecule has 0 aromatic rings. The van der Waals surface area contributed by atoms with Gasteiger partial charge in [0, 0.05) is 24.0 Å². The zero-order valence-electron chi connectivity index (χ0n) is 9.74. The highest BCUT2D eigenvalue weighted by Gasteiger charge is 2.18. The lowest BCUT2D eigenvalue weighted by atomic mass is 10.1. The van der Waals surface area contributed by atoms with Crippen molar-refractivity contribution in [2.24, 2.45) is 0 Å². The molecule has 0 atom stereocenters. The molecule has 0 amide bonds. The maximum absolute atomic E-state index is 11.1. The van der Waals surface area contributed by atoms with Gasteiger partial charge in [-0.25, -0.2) is 9.59 Å². The SMILES string of the molecule is O=C1OCC/C1=C/CCC/C=C1/CCOC1=O. The second-order valence-electron chi connectivity index (χ2n) is 4.16. The number of cyclic esters (lactones) is 2. The third-order valence-electron chi connectivity index (χ3n) is 2.92. The number of hydrogen-bond donors (Lipinski definition) is 0. The van der Waals surface area contributed by atoms with Gasteiger partial charge in [0.05, 0.1) is 13.2 Å². The van der Waals surface area contributed by atoms with Crippen molar-refractivity contribution in [1.29, 1.82) is 0 Å². The quantitative estimate of drug-likeness (QED) is 0.425. The van der Waals surface area contributed by atoms with Crippen LogP contribution in [0.5, 0.6) is 0 Å².